The van der Waals surface area contributed by atoms with E-state index in [0.717, 1.165) is 29.0 Å². The molecule has 0 aliphatic carbocycles. The van der Waals surface area contributed by atoms with Crippen LogP contribution in [0.15, 0.2) is 53.5 Å². The zero-order valence-corrected chi connectivity index (χ0v) is 17.5. The highest BCUT2D eigenvalue weighted by molar-refractivity contribution is 14.0. The third-order valence-corrected chi connectivity index (χ3v) is 4.49. The van der Waals surface area contributed by atoms with E-state index in [0.29, 0.717) is 19.1 Å². The van der Waals surface area contributed by atoms with Gasteiger partial charge in [0, 0.05) is 24.4 Å². The number of methoxy groups -OCH3 is 1. The molecule has 2 aromatic rings. The maximum Gasteiger partial charge on any atom is 0.189 e. The molecular weight excluding hydrogens is 441 g/mol. The third-order valence-electron chi connectivity index (χ3n) is 4.49. The Hall–Kier alpha value is -1.96. The molecule has 2 aromatic carbocycles. The average Bonchev–Trinajstić information content (AvgIpc) is 2.66. The highest BCUT2D eigenvalue weighted by Crippen LogP contribution is 2.31. The summed E-state index contributed by atoms with van der Waals surface area (Å²) in [6.07, 6.45) is 0.870. The van der Waals surface area contributed by atoms with Gasteiger partial charge in [-0.2, -0.15) is 0 Å². The fourth-order valence-electron chi connectivity index (χ4n) is 3.12. The monoisotopic (exact) mass is 467 g/mol. The Morgan fingerprint density at radius 1 is 1.27 bits per heavy atom. The van der Waals surface area contributed by atoms with Gasteiger partial charge in [-0.1, -0.05) is 43.3 Å². The normalized spacial score (nSPS) is 17.3. The van der Waals surface area contributed by atoms with Gasteiger partial charge in [-0.05, 0) is 17.7 Å². The smallest absolute Gasteiger partial charge is 0.189 e. The first kappa shape index (κ1) is 20.4. The SMILES string of the molecule is COc1ccccc1C(C)CN=C(N)NC1CCOc2ccccc21.I. The Morgan fingerprint density at radius 3 is 2.81 bits per heavy atom. The Morgan fingerprint density at radius 2 is 2.00 bits per heavy atom. The molecule has 3 rings (SSSR count). The van der Waals surface area contributed by atoms with Gasteiger partial charge < -0.3 is 20.5 Å². The summed E-state index contributed by atoms with van der Waals surface area (Å²) in [6, 6.07) is 16.2. The van der Waals surface area contributed by atoms with Crippen molar-refractivity contribution in [1.29, 1.82) is 0 Å². The molecule has 2 unspecified atom stereocenters. The van der Waals surface area contributed by atoms with Crippen LogP contribution >= 0.6 is 24.0 Å². The van der Waals surface area contributed by atoms with E-state index in [1.807, 2.05) is 36.4 Å². The number of guanidine groups is 1. The largest absolute Gasteiger partial charge is 0.496 e. The van der Waals surface area contributed by atoms with E-state index in [1.54, 1.807) is 7.11 Å². The standard InChI is InChI=1S/C20H25N3O2.HI/c1-14(15-7-3-5-9-18(15)24-2)13-22-20(21)23-17-11-12-25-19-10-6-4-8-16(17)19;/h3-10,14,17H,11-13H2,1-2H3,(H3,21,22,23);1H. The number of halogens is 1. The van der Waals surface area contributed by atoms with Gasteiger partial charge in [-0.15, -0.1) is 24.0 Å². The number of benzene rings is 2. The summed E-state index contributed by atoms with van der Waals surface area (Å²) in [7, 11) is 1.69. The molecule has 0 aromatic heterocycles. The summed E-state index contributed by atoms with van der Waals surface area (Å²) in [5.41, 5.74) is 8.39. The maximum absolute atomic E-state index is 6.13. The number of nitrogens with zero attached hydrogens (tertiary/aromatic N) is 1. The van der Waals surface area contributed by atoms with Gasteiger partial charge in [0.15, 0.2) is 5.96 Å². The summed E-state index contributed by atoms with van der Waals surface area (Å²) in [5, 5.41) is 3.33. The number of nitrogens with two attached hydrogens (primary N) is 1. The van der Waals surface area contributed by atoms with Gasteiger partial charge >= 0.3 is 0 Å². The second kappa shape index (κ2) is 9.66. The van der Waals surface area contributed by atoms with Crippen molar-refractivity contribution < 1.29 is 9.47 Å². The van der Waals surface area contributed by atoms with E-state index >= 15 is 0 Å². The van der Waals surface area contributed by atoms with Crippen LogP contribution in [0.4, 0.5) is 0 Å². The molecule has 2 atom stereocenters. The summed E-state index contributed by atoms with van der Waals surface area (Å²) >= 11 is 0. The number of ether oxygens (including phenoxy) is 2. The van der Waals surface area contributed by atoms with Crippen molar-refractivity contribution in [1.82, 2.24) is 5.32 Å². The van der Waals surface area contributed by atoms with Crippen molar-refractivity contribution in [3.05, 3.63) is 59.7 Å². The lowest BCUT2D eigenvalue weighted by atomic mass is 10.00. The minimum Gasteiger partial charge on any atom is -0.496 e. The topological polar surface area (TPSA) is 68.9 Å². The van der Waals surface area contributed by atoms with Crippen molar-refractivity contribution in [3.8, 4) is 11.5 Å². The zero-order valence-electron chi connectivity index (χ0n) is 15.1. The molecule has 6 heteroatoms. The quantitative estimate of drug-likeness (QED) is 0.399. The van der Waals surface area contributed by atoms with Gasteiger partial charge in [0.1, 0.15) is 11.5 Å². The van der Waals surface area contributed by atoms with Gasteiger partial charge in [0.05, 0.1) is 19.8 Å². The third kappa shape index (κ3) is 4.81. The van der Waals surface area contributed by atoms with Crippen LogP contribution in [-0.2, 0) is 0 Å². The zero-order chi connectivity index (χ0) is 17.6. The molecule has 0 amide bonds. The van der Waals surface area contributed by atoms with Crippen LogP contribution in [0, 0.1) is 0 Å². The first-order valence-corrected chi connectivity index (χ1v) is 8.60. The Labute approximate surface area is 172 Å². The number of hydrogen-bond donors (Lipinski definition) is 2. The van der Waals surface area contributed by atoms with Crippen LogP contribution < -0.4 is 20.5 Å². The van der Waals surface area contributed by atoms with Crippen LogP contribution in [0.3, 0.4) is 0 Å². The highest BCUT2D eigenvalue weighted by atomic mass is 127. The number of hydrogen-bond acceptors (Lipinski definition) is 3. The minimum absolute atomic E-state index is 0. The molecule has 5 nitrogen and oxygen atoms in total. The van der Waals surface area contributed by atoms with Crippen molar-refractivity contribution in [2.45, 2.75) is 25.3 Å². The minimum atomic E-state index is 0. The van der Waals surface area contributed by atoms with Gasteiger partial charge in [0.2, 0.25) is 0 Å². The number of fused-ring (bicyclic) bond motifs is 1. The molecule has 1 heterocycles. The lowest BCUT2D eigenvalue weighted by molar-refractivity contribution is 0.262. The number of nitrogens with one attached hydrogen (secondary N) is 1. The lowest BCUT2D eigenvalue weighted by Gasteiger charge is -2.27. The Kier molecular flexibility index (Phi) is 7.56. The molecule has 0 saturated carbocycles. The summed E-state index contributed by atoms with van der Waals surface area (Å²) in [6.45, 7) is 3.40. The first-order chi connectivity index (χ1) is 12.2. The lowest BCUT2D eigenvalue weighted by Crippen LogP contribution is -2.37. The molecule has 0 bridgehead atoms. The van der Waals surface area contributed by atoms with Gasteiger partial charge in [0.25, 0.3) is 0 Å². The van der Waals surface area contributed by atoms with Crippen LogP contribution in [0.5, 0.6) is 11.5 Å². The highest BCUT2D eigenvalue weighted by Gasteiger charge is 2.21. The summed E-state index contributed by atoms with van der Waals surface area (Å²) in [4.78, 5) is 4.53. The molecule has 1 aliphatic heterocycles. The molecule has 0 saturated heterocycles. The second-order valence-corrected chi connectivity index (χ2v) is 6.24. The molecular formula is C20H26IN3O2. The van der Waals surface area contributed by atoms with Crippen molar-refractivity contribution >= 4 is 29.9 Å². The average molecular weight is 467 g/mol. The van der Waals surface area contributed by atoms with Gasteiger partial charge in [-0.3, -0.25) is 4.99 Å². The van der Waals surface area contributed by atoms with Crippen molar-refractivity contribution in [3.63, 3.8) is 0 Å². The molecule has 1 aliphatic rings. The van der Waals surface area contributed by atoms with E-state index in [2.05, 4.69) is 29.4 Å². The number of para-hydroxylation sites is 2. The van der Waals surface area contributed by atoms with Crippen LogP contribution in [-0.4, -0.2) is 26.2 Å². The predicted molar refractivity (Wildman–Crippen MR) is 116 cm³/mol. The van der Waals surface area contributed by atoms with Gasteiger partial charge in [-0.25, -0.2) is 0 Å². The van der Waals surface area contributed by atoms with E-state index in [4.69, 9.17) is 15.2 Å². The van der Waals surface area contributed by atoms with Crippen molar-refractivity contribution in [2.24, 2.45) is 10.7 Å². The van der Waals surface area contributed by atoms with E-state index in [1.165, 1.54) is 0 Å². The predicted octanol–water partition coefficient (Wildman–Crippen LogP) is 3.84. The van der Waals surface area contributed by atoms with E-state index < -0.39 is 0 Å². The number of rotatable bonds is 5. The maximum atomic E-state index is 6.13. The summed E-state index contributed by atoms with van der Waals surface area (Å²) < 4.78 is 11.1. The van der Waals surface area contributed by atoms with E-state index in [-0.39, 0.29) is 35.9 Å². The number of aliphatic imine (C=N–C) groups is 1. The molecule has 0 fully saturated rings. The van der Waals surface area contributed by atoms with Crippen LogP contribution in [0.2, 0.25) is 0 Å². The molecule has 140 valence electrons. The molecule has 0 spiro atoms. The van der Waals surface area contributed by atoms with Crippen molar-refractivity contribution in [2.75, 3.05) is 20.3 Å². The molecule has 26 heavy (non-hydrogen) atoms. The second-order valence-electron chi connectivity index (χ2n) is 6.24. The first-order valence-electron chi connectivity index (χ1n) is 8.60. The fourth-order valence-corrected chi connectivity index (χ4v) is 3.12. The molecule has 3 N–H and O–H groups in total. The van der Waals surface area contributed by atoms with Crippen LogP contribution in [0.1, 0.15) is 36.4 Å². The Balaban J connectivity index is 0.00000243. The Bertz CT molecular complexity index is 751. The summed E-state index contributed by atoms with van der Waals surface area (Å²) in [5.74, 6) is 2.48. The van der Waals surface area contributed by atoms with Crippen LogP contribution in [0.25, 0.3) is 0 Å². The van der Waals surface area contributed by atoms with E-state index in [9.17, 15) is 0 Å². The molecule has 0 radical (unpaired) electrons. The fraction of sp³-hybridized carbons (Fsp3) is 0.350.